The first-order chi connectivity index (χ1) is 6.15. The van der Waals surface area contributed by atoms with Crippen LogP contribution >= 0.6 is 27.3 Å². The van der Waals surface area contributed by atoms with E-state index in [1.165, 1.54) is 11.3 Å². The van der Waals surface area contributed by atoms with Crippen molar-refractivity contribution in [1.29, 1.82) is 0 Å². The number of anilines is 1. The van der Waals surface area contributed by atoms with Gasteiger partial charge in [0.2, 0.25) is 5.91 Å². The summed E-state index contributed by atoms with van der Waals surface area (Å²) in [5.74, 6) is -0.0724. The zero-order chi connectivity index (χ0) is 9.84. The van der Waals surface area contributed by atoms with Crippen LogP contribution in [0.5, 0.6) is 0 Å². The number of hydrogen-bond acceptors (Lipinski definition) is 3. The molecule has 72 valence electrons. The molecule has 0 bridgehead atoms. The predicted molar refractivity (Wildman–Crippen MR) is 57.1 cm³/mol. The van der Waals surface area contributed by atoms with E-state index in [1.807, 2.05) is 12.1 Å². The Morgan fingerprint density at radius 1 is 1.69 bits per heavy atom. The van der Waals surface area contributed by atoms with Crippen LogP contribution in [-0.4, -0.2) is 24.7 Å². The van der Waals surface area contributed by atoms with Crippen LogP contribution in [0.4, 0.5) is 5.00 Å². The molecule has 1 amide bonds. The summed E-state index contributed by atoms with van der Waals surface area (Å²) in [5.41, 5.74) is 0. The fourth-order valence-electron chi connectivity index (χ4n) is 0.871. The average molecular weight is 264 g/mol. The van der Waals surface area contributed by atoms with Gasteiger partial charge >= 0.3 is 0 Å². The molecule has 0 aliphatic heterocycles. The third-order valence-electron chi connectivity index (χ3n) is 1.59. The lowest BCUT2D eigenvalue weighted by Gasteiger charge is -2.13. The molecular weight excluding hydrogens is 254 g/mol. The van der Waals surface area contributed by atoms with Crippen LogP contribution in [0.2, 0.25) is 0 Å². The van der Waals surface area contributed by atoms with E-state index in [1.54, 1.807) is 11.9 Å². The quantitative estimate of drug-likeness (QED) is 0.905. The van der Waals surface area contributed by atoms with Gasteiger partial charge in [-0.25, -0.2) is 0 Å². The highest BCUT2D eigenvalue weighted by molar-refractivity contribution is 9.11. The van der Waals surface area contributed by atoms with Crippen LogP contribution in [0.25, 0.3) is 0 Å². The minimum absolute atomic E-state index is 0.0724. The van der Waals surface area contributed by atoms with Crippen LogP contribution < -0.4 is 4.90 Å². The van der Waals surface area contributed by atoms with Gasteiger partial charge in [0.25, 0.3) is 0 Å². The maximum Gasteiger partial charge on any atom is 0.229 e. The lowest BCUT2D eigenvalue weighted by atomic mass is 10.4. The summed E-state index contributed by atoms with van der Waals surface area (Å²) < 4.78 is 0.992. The summed E-state index contributed by atoms with van der Waals surface area (Å²) in [6.45, 7) is -0.101. The molecule has 0 saturated heterocycles. The highest BCUT2D eigenvalue weighted by Gasteiger charge is 2.11. The highest BCUT2D eigenvalue weighted by Crippen LogP contribution is 2.29. The minimum atomic E-state index is -0.101. The van der Waals surface area contributed by atoms with E-state index in [0.29, 0.717) is 0 Å². The zero-order valence-corrected chi connectivity index (χ0v) is 9.56. The third-order valence-corrected chi connectivity index (χ3v) is 3.29. The molecule has 0 saturated carbocycles. The minimum Gasteiger partial charge on any atom is -0.396 e. The number of amides is 1. The molecule has 0 fully saturated rings. The van der Waals surface area contributed by atoms with E-state index in [9.17, 15) is 4.79 Å². The first kappa shape index (κ1) is 10.7. The maximum atomic E-state index is 11.3. The van der Waals surface area contributed by atoms with E-state index in [-0.39, 0.29) is 18.9 Å². The van der Waals surface area contributed by atoms with Gasteiger partial charge in [0, 0.05) is 7.05 Å². The summed E-state index contributed by atoms with van der Waals surface area (Å²) >= 11 is 4.81. The van der Waals surface area contributed by atoms with E-state index >= 15 is 0 Å². The van der Waals surface area contributed by atoms with Crippen molar-refractivity contribution in [3.8, 4) is 0 Å². The van der Waals surface area contributed by atoms with Crippen molar-refractivity contribution in [3.05, 3.63) is 15.9 Å². The summed E-state index contributed by atoms with van der Waals surface area (Å²) in [4.78, 5) is 12.9. The van der Waals surface area contributed by atoms with Gasteiger partial charge in [0.1, 0.15) is 0 Å². The van der Waals surface area contributed by atoms with Crippen molar-refractivity contribution < 1.29 is 9.90 Å². The summed E-state index contributed by atoms with van der Waals surface area (Å²) in [6, 6.07) is 3.76. The molecule has 0 atom stereocenters. The second-order valence-corrected chi connectivity index (χ2v) is 4.95. The molecule has 1 heterocycles. The van der Waals surface area contributed by atoms with Crippen molar-refractivity contribution in [2.24, 2.45) is 0 Å². The topological polar surface area (TPSA) is 40.5 Å². The SMILES string of the molecule is CN(C(=O)CCO)c1ccc(Br)s1. The molecule has 0 unspecified atom stereocenters. The Kier molecular flexibility index (Phi) is 3.90. The number of hydrogen-bond donors (Lipinski definition) is 1. The van der Waals surface area contributed by atoms with Crippen molar-refractivity contribution in [2.45, 2.75) is 6.42 Å². The first-order valence-electron chi connectivity index (χ1n) is 3.78. The molecule has 0 aliphatic rings. The second kappa shape index (κ2) is 4.74. The fourth-order valence-corrected chi connectivity index (χ4v) is 2.21. The number of halogens is 1. The lowest BCUT2D eigenvalue weighted by Crippen LogP contribution is -2.25. The van der Waals surface area contributed by atoms with E-state index in [0.717, 1.165) is 8.79 Å². The van der Waals surface area contributed by atoms with Gasteiger partial charge in [-0.05, 0) is 28.1 Å². The van der Waals surface area contributed by atoms with Crippen molar-refractivity contribution in [3.63, 3.8) is 0 Å². The Balaban J connectivity index is 2.67. The van der Waals surface area contributed by atoms with Crippen LogP contribution in [0.1, 0.15) is 6.42 Å². The van der Waals surface area contributed by atoms with Gasteiger partial charge in [-0.2, -0.15) is 0 Å². The molecule has 1 aromatic rings. The molecule has 1 rings (SSSR count). The van der Waals surface area contributed by atoms with Gasteiger partial charge in [-0.3, -0.25) is 4.79 Å². The highest BCUT2D eigenvalue weighted by atomic mass is 79.9. The van der Waals surface area contributed by atoms with Crippen LogP contribution in [0.3, 0.4) is 0 Å². The van der Waals surface area contributed by atoms with E-state index < -0.39 is 0 Å². The standard InChI is InChI=1S/C8H10BrNO2S/c1-10(7(12)4-5-11)8-3-2-6(9)13-8/h2-3,11H,4-5H2,1H3. The maximum absolute atomic E-state index is 11.3. The summed E-state index contributed by atoms with van der Waals surface area (Å²) in [7, 11) is 1.70. The Hall–Kier alpha value is -0.390. The Morgan fingerprint density at radius 2 is 2.38 bits per heavy atom. The van der Waals surface area contributed by atoms with Crippen LogP contribution in [-0.2, 0) is 4.79 Å². The van der Waals surface area contributed by atoms with Crippen molar-refractivity contribution >= 4 is 38.2 Å². The van der Waals surface area contributed by atoms with E-state index in [2.05, 4.69) is 15.9 Å². The number of carbonyl (C=O) groups excluding carboxylic acids is 1. The number of aliphatic hydroxyl groups excluding tert-OH is 1. The average Bonchev–Trinajstić information content (AvgIpc) is 2.51. The zero-order valence-electron chi connectivity index (χ0n) is 7.16. The predicted octanol–water partition coefficient (Wildman–Crippen LogP) is 1.86. The molecule has 13 heavy (non-hydrogen) atoms. The molecule has 0 aromatic carbocycles. The molecule has 0 aliphatic carbocycles. The molecule has 0 spiro atoms. The van der Waals surface area contributed by atoms with Gasteiger partial charge in [0.15, 0.2) is 0 Å². The first-order valence-corrected chi connectivity index (χ1v) is 5.39. The van der Waals surface area contributed by atoms with Gasteiger partial charge in [-0.15, -0.1) is 11.3 Å². The van der Waals surface area contributed by atoms with Gasteiger partial charge < -0.3 is 10.0 Å². The molecular formula is C8H10BrNO2S. The molecule has 1 N–H and O–H groups in total. The largest absolute Gasteiger partial charge is 0.396 e. The number of carbonyl (C=O) groups is 1. The summed E-state index contributed by atoms with van der Waals surface area (Å²) in [5, 5.41) is 9.46. The normalized spacial score (nSPS) is 10.1. The monoisotopic (exact) mass is 263 g/mol. The third kappa shape index (κ3) is 2.79. The van der Waals surface area contributed by atoms with Crippen LogP contribution in [0, 0.1) is 0 Å². The number of thiophene rings is 1. The molecule has 1 aromatic heterocycles. The van der Waals surface area contributed by atoms with Gasteiger partial charge in [-0.1, -0.05) is 0 Å². The Morgan fingerprint density at radius 3 is 2.85 bits per heavy atom. The molecule has 3 nitrogen and oxygen atoms in total. The van der Waals surface area contributed by atoms with Crippen molar-refractivity contribution in [1.82, 2.24) is 0 Å². The lowest BCUT2D eigenvalue weighted by molar-refractivity contribution is -0.118. The van der Waals surface area contributed by atoms with Crippen LogP contribution in [0.15, 0.2) is 15.9 Å². The smallest absolute Gasteiger partial charge is 0.229 e. The fraction of sp³-hybridized carbons (Fsp3) is 0.375. The Labute approximate surface area is 89.1 Å². The number of aliphatic hydroxyl groups is 1. The molecule has 5 heteroatoms. The number of rotatable bonds is 3. The number of nitrogens with zero attached hydrogens (tertiary/aromatic N) is 1. The van der Waals surface area contributed by atoms with Gasteiger partial charge in [0.05, 0.1) is 21.8 Å². The second-order valence-electron chi connectivity index (χ2n) is 2.50. The molecule has 0 radical (unpaired) electrons. The summed E-state index contributed by atoms with van der Waals surface area (Å²) in [6.07, 6.45) is 0.173. The Bertz CT molecular complexity index is 300. The van der Waals surface area contributed by atoms with E-state index in [4.69, 9.17) is 5.11 Å². The van der Waals surface area contributed by atoms with Crippen molar-refractivity contribution in [2.75, 3.05) is 18.6 Å².